The monoisotopic (exact) mass is 380 g/mol. The van der Waals surface area contributed by atoms with Gasteiger partial charge in [-0.2, -0.15) is 0 Å². The maximum Gasteiger partial charge on any atom is 0.355 e. The number of hydrogen-bond acceptors (Lipinski definition) is 6. The predicted octanol–water partition coefficient (Wildman–Crippen LogP) is 3.86. The SMILES string of the molecule is CCC(=O)OOc1ccccc1.CCC(=O)OOc1ccccc1.[Ti]. The molecule has 25 heavy (non-hydrogen) atoms. The first-order valence-corrected chi connectivity index (χ1v) is 7.50. The number of hydrogen-bond donors (Lipinski definition) is 0. The quantitative estimate of drug-likeness (QED) is 0.431. The topological polar surface area (TPSA) is 71.1 Å². The first-order chi connectivity index (χ1) is 11.7. The zero-order valence-electron chi connectivity index (χ0n) is 14.1. The Morgan fingerprint density at radius 3 is 1.28 bits per heavy atom. The third-order valence-electron chi connectivity index (χ3n) is 2.53. The zero-order valence-corrected chi connectivity index (χ0v) is 15.7. The van der Waals surface area contributed by atoms with Crippen LogP contribution in [-0.2, 0) is 41.1 Å². The first-order valence-electron chi connectivity index (χ1n) is 7.50. The van der Waals surface area contributed by atoms with Crippen molar-refractivity contribution in [1.82, 2.24) is 0 Å². The number of para-hydroxylation sites is 2. The summed E-state index contributed by atoms with van der Waals surface area (Å²) in [6, 6.07) is 17.8. The molecule has 0 atom stereocenters. The Morgan fingerprint density at radius 1 is 0.680 bits per heavy atom. The second-order valence-electron chi connectivity index (χ2n) is 4.41. The molecule has 0 spiro atoms. The smallest absolute Gasteiger partial charge is 0.287 e. The van der Waals surface area contributed by atoms with Gasteiger partial charge in [0.2, 0.25) is 0 Å². The van der Waals surface area contributed by atoms with Gasteiger partial charge in [-0.15, -0.1) is 0 Å². The van der Waals surface area contributed by atoms with Crippen LogP contribution in [-0.4, -0.2) is 11.9 Å². The molecule has 0 aliphatic rings. The molecule has 2 aromatic carbocycles. The van der Waals surface area contributed by atoms with Crippen LogP contribution in [0.4, 0.5) is 0 Å². The van der Waals surface area contributed by atoms with Crippen molar-refractivity contribution in [2.24, 2.45) is 0 Å². The van der Waals surface area contributed by atoms with Gasteiger partial charge >= 0.3 is 11.9 Å². The van der Waals surface area contributed by atoms with Crippen molar-refractivity contribution in [2.45, 2.75) is 26.7 Å². The van der Waals surface area contributed by atoms with E-state index >= 15 is 0 Å². The van der Waals surface area contributed by atoms with Gasteiger partial charge < -0.3 is 0 Å². The Labute approximate surface area is 161 Å². The molecule has 132 valence electrons. The largest absolute Gasteiger partial charge is 0.355 e. The van der Waals surface area contributed by atoms with E-state index in [0.29, 0.717) is 24.3 Å². The molecular weight excluding hydrogens is 360 g/mol. The van der Waals surface area contributed by atoms with Crippen molar-refractivity contribution in [1.29, 1.82) is 0 Å². The normalized spacial score (nSPS) is 8.72. The number of rotatable bonds is 6. The van der Waals surface area contributed by atoms with Gasteiger partial charge in [0.1, 0.15) is 0 Å². The van der Waals surface area contributed by atoms with E-state index in [0.717, 1.165) is 0 Å². The van der Waals surface area contributed by atoms with Crippen LogP contribution in [0.1, 0.15) is 26.7 Å². The van der Waals surface area contributed by atoms with Gasteiger partial charge in [0.15, 0.2) is 11.5 Å². The number of carbonyl (C=O) groups is 2. The Morgan fingerprint density at radius 2 is 1.00 bits per heavy atom. The number of benzene rings is 2. The van der Waals surface area contributed by atoms with Gasteiger partial charge in [-0.05, 0) is 24.3 Å². The Balaban J connectivity index is 0.000000443. The predicted molar refractivity (Wildman–Crippen MR) is 86.9 cm³/mol. The van der Waals surface area contributed by atoms with Crippen LogP contribution in [0.15, 0.2) is 60.7 Å². The third-order valence-corrected chi connectivity index (χ3v) is 2.53. The van der Waals surface area contributed by atoms with E-state index in [1.54, 1.807) is 62.4 Å². The summed E-state index contributed by atoms with van der Waals surface area (Å²) in [5.74, 6) is 0.302. The second-order valence-corrected chi connectivity index (χ2v) is 4.41. The standard InChI is InChI=1S/2C9H10O3.Ti/c2*1-2-9(10)12-11-8-6-4-3-5-7-8;/h2*3-7H,2H2,1H3;. The third kappa shape index (κ3) is 11.0. The van der Waals surface area contributed by atoms with Crippen molar-refractivity contribution >= 4 is 11.9 Å². The molecule has 0 heterocycles. The molecule has 0 aliphatic carbocycles. The molecule has 0 fully saturated rings. The van der Waals surface area contributed by atoms with Crippen LogP contribution in [0.25, 0.3) is 0 Å². The molecule has 0 unspecified atom stereocenters. The molecule has 2 rings (SSSR count). The molecule has 7 heteroatoms. The van der Waals surface area contributed by atoms with Crippen molar-refractivity contribution in [3.63, 3.8) is 0 Å². The average Bonchev–Trinajstić information content (AvgIpc) is 2.66. The van der Waals surface area contributed by atoms with Crippen molar-refractivity contribution in [2.75, 3.05) is 0 Å². The fraction of sp³-hybridized carbons (Fsp3) is 0.222. The second kappa shape index (κ2) is 14.1. The van der Waals surface area contributed by atoms with Crippen molar-refractivity contribution < 1.29 is 50.9 Å². The van der Waals surface area contributed by atoms with E-state index in [-0.39, 0.29) is 33.7 Å². The minimum Gasteiger partial charge on any atom is -0.287 e. The van der Waals surface area contributed by atoms with E-state index in [2.05, 4.69) is 9.78 Å². The van der Waals surface area contributed by atoms with Crippen LogP contribution in [0.5, 0.6) is 11.5 Å². The van der Waals surface area contributed by atoms with Gasteiger partial charge in [-0.25, -0.2) is 9.59 Å². The Bertz CT molecular complexity index is 548. The summed E-state index contributed by atoms with van der Waals surface area (Å²) in [5, 5.41) is 0. The molecule has 2 aromatic rings. The van der Waals surface area contributed by atoms with E-state index in [9.17, 15) is 9.59 Å². The maximum absolute atomic E-state index is 10.6. The first kappa shape index (κ1) is 22.7. The molecule has 0 radical (unpaired) electrons. The van der Waals surface area contributed by atoms with E-state index in [1.807, 2.05) is 12.1 Å². The molecule has 0 amide bonds. The van der Waals surface area contributed by atoms with Gasteiger partial charge in [0.05, 0.1) is 0 Å². The molecule has 6 nitrogen and oxygen atoms in total. The van der Waals surface area contributed by atoms with Crippen molar-refractivity contribution in [3.05, 3.63) is 60.7 Å². The maximum atomic E-state index is 10.6. The van der Waals surface area contributed by atoms with E-state index in [1.165, 1.54) is 0 Å². The number of carbonyl (C=O) groups excluding carboxylic acids is 2. The van der Waals surface area contributed by atoms with Gasteiger partial charge in [-0.3, -0.25) is 19.6 Å². The Kier molecular flexibility index (Phi) is 12.8. The van der Waals surface area contributed by atoms with Gasteiger partial charge in [0, 0.05) is 34.6 Å². The van der Waals surface area contributed by atoms with Gasteiger partial charge in [-0.1, -0.05) is 50.2 Å². The summed E-state index contributed by atoms with van der Waals surface area (Å²) in [4.78, 5) is 39.6. The summed E-state index contributed by atoms with van der Waals surface area (Å²) in [6.45, 7) is 3.41. The molecule has 0 aromatic heterocycles. The molecule has 0 saturated heterocycles. The van der Waals surface area contributed by atoms with Crippen molar-refractivity contribution in [3.8, 4) is 11.5 Å². The Hall–Kier alpha value is -2.31. The zero-order chi connectivity index (χ0) is 17.6. The summed E-state index contributed by atoms with van der Waals surface area (Å²) in [7, 11) is 0. The molecule has 0 saturated carbocycles. The van der Waals surface area contributed by atoms with Gasteiger partial charge in [0.25, 0.3) is 0 Å². The van der Waals surface area contributed by atoms with Crippen LogP contribution in [0.2, 0.25) is 0 Å². The van der Waals surface area contributed by atoms with E-state index < -0.39 is 0 Å². The average molecular weight is 380 g/mol. The van der Waals surface area contributed by atoms with Crippen LogP contribution < -0.4 is 9.78 Å². The summed E-state index contributed by atoms with van der Waals surface area (Å²) in [5.41, 5.74) is 0. The minimum atomic E-state index is -0.376. The fourth-order valence-corrected chi connectivity index (χ4v) is 1.26. The van der Waals surface area contributed by atoms with Crippen LogP contribution in [0, 0.1) is 0 Å². The summed E-state index contributed by atoms with van der Waals surface area (Å²) in [6.07, 6.45) is 0.625. The summed E-state index contributed by atoms with van der Waals surface area (Å²) >= 11 is 0. The van der Waals surface area contributed by atoms with Crippen LogP contribution >= 0.6 is 0 Å². The minimum absolute atomic E-state index is 0. The van der Waals surface area contributed by atoms with E-state index in [4.69, 9.17) is 9.78 Å². The molecule has 0 aliphatic heterocycles. The fourth-order valence-electron chi connectivity index (χ4n) is 1.26. The van der Waals surface area contributed by atoms with Crippen LogP contribution in [0.3, 0.4) is 0 Å². The molecule has 0 N–H and O–H groups in total. The molecule has 0 bridgehead atoms. The summed E-state index contributed by atoms with van der Waals surface area (Å²) < 4.78 is 0. The molecular formula is C18H20O6Ti.